The van der Waals surface area contributed by atoms with E-state index < -0.39 is 9.84 Å². The molecule has 0 aliphatic heterocycles. The topological polar surface area (TPSA) is 64.6 Å². The van der Waals surface area contributed by atoms with Crippen LogP contribution in [0.3, 0.4) is 0 Å². The summed E-state index contributed by atoms with van der Waals surface area (Å²) in [5, 5.41) is 0. The summed E-state index contributed by atoms with van der Waals surface area (Å²) in [7, 11) is -3.08. The van der Waals surface area contributed by atoms with Gasteiger partial charge < -0.3 is 9.47 Å². The molecule has 0 amide bonds. The Morgan fingerprint density at radius 3 is 2.28 bits per heavy atom. The lowest BCUT2D eigenvalue weighted by Crippen LogP contribution is -2.35. The van der Waals surface area contributed by atoms with E-state index >= 15 is 0 Å². The molecule has 0 aromatic rings. The Balaban J connectivity index is 3.75. The van der Waals surface area contributed by atoms with E-state index in [2.05, 4.69) is 4.84 Å². The molecule has 110 valence electrons. The minimum absolute atomic E-state index is 0.0392. The van der Waals surface area contributed by atoms with Gasteiger partial charge in [-0.1, -0.05) is 0 Å². The molecule has 7 heteroatoms. The largest absolute Gasteiger partial charge is 0.379 e. The normalized spacial score (nSPS) is 12.9. The Morgan fingerprint density at radius 2 is 1.72 bits per heavy atom. The van der Waals surface area contributed by atoms with Crippen molar-refractivity contribution in [2.75, 3.05) is 37.9 Å². The fourth-order valence-corrected chi connectivity index (χ4v) is 2.60. The molecule has 0 saturated heterocycles. The molecule has 0 bridgehead atoms. The molecule has 0 heterocycles. The van der Waals surface area contributed by atoms with Crippen molar-refractivity contribution in [2.45, 2.75) is 32.7 Å². The van der Waals surface area contributed by atoms with Crippen molar-refractivity contribution >= 4 is 21.6 Å². The summed E-state index contributed by atoms with van der Waals surface area (Å²) < 4.78 is 33.7. The maximum atomic E-state index is 11.7. The van der Waals surface area contributed by atoms with Gasteiger partial charge >= 0.3 is 0 Å². The van der Waals surface area contributed by atoms with Crippen LogP contribution in [-0.4, -0.2) is 51.9 Å². The number of hydrogen-bond acceptors (Lipinski definition) is 5. The van der Waals surface area contributed by atoms with Crippen LogP contribution >= 0.6 is 11.8 Å². The van der Waals surface area contributed by atoms with Crippen LogP contribution in [0.5, 0.6) is 0 Å². The van der Waals surface area contributed by atoms with E-state index in [1.54, 1.807) is 0 Å². The molecule has 0 aromatic heterocycles. The van der Waals surface area contributed by atoms with Crippen molar-refractivity contribution in [2.24, 2.45) is 0 Å². The van der Waals surface area contributed by atoms with Crippen LogP contribution in [-0.2, 0) is 19.3 Å². The van der Waals surface area contributed by atoms with Crippen LogP contribution in [0.1, 0.15) is 27.2 Å². The number of hydrogen-bond donors (Lipinski definition) is 1. The molecular weight excluding hydrogens is 278 g/mol. The van der Waals surface area contributed by atoms with E-state index in [-0.39, 0.29) is 23.7 Å². The summed E-state index contributed by atoms with van der Waals surface area (Å²) in [5.41, 5.74) is -0.384. The van der Waals surface area contributed by atoms with Crippen molar-refractivity contribution in [3.63, 3.8) is 0 Å². The SMILES string of the molecule is CCOCCOCCS(=O)(=O)CCC(C)(C)NCl. The van der Waals surface area contributed by atoms with Gasteiger partial charge in [0.25, 0.3) is 0 Å². The predicted molar refractivity (Wildman–Crippen MR) is 73.7 cm³/mol. The lowest BCUT2D eigenvalue weighted by Gasteiger charge is -2.21. The van der Waals surface area contributed by atoms with Crippen LogP contribution in [0.25, 0.3) is 0 Å². The van der Waals surface area contributed by atoms with Crippen LogP contribution in [0.4, 0.5) is 0 Å². The molecule has 0 atom stereocenters. The van der Waals surface area contributed by atoms with E-state index in [9.17, 15) is 8.42 Å². The highest BCUT2D eigenvalue weighted by molar-refractivity contribution is 7.91. The molecule has 0 spiro atoms. The maximum absolute atomic E-state index is 11.7. The average Bonchev–Trinajstić information content (AvgIpc) is 2.32. The molecule has 0 saturated carbocycles. The van der Waals surface area contributed by atoms with Gasteiger partial charge in [0.1, 0.15) is 0 Å². The first-order valence-corrected chi connectivity index (χ1v) is 8.26. The van der Waals surface area contributed by atoms with E-state index in [0.717, 1.165) is 0 Å². The summed E-state index contributed by atoms with van der Waals surface area (Å²) in [6.07, 6.45) is 0.470. The van der Waals surface area contributed by atoms with Crippen LogP contribution < -0.4 is 4.84 Å². The molecule has 0 aliphatic rings. The molecular formula is C11H24ClNO4S. The molecule has 0 fully saturated rings. The zero-order valence-corrected chi connectivity index (χ0v) is 12.9. The quantitative estimate of drug-likeness (QED) is 0.461. The number of sulfone groups is 1. The van der Waals surface area contributed by atoms with E-state index in [4.69, 9.17) is 21.3 Å². The van der Waals surface area contributed by atoms with Crippen molar-refractivity contribution in [1.82, 2.24) is 4.84 Å². The standard InChI is InChI=1S/C11H24ClNO4S/c1-4-16-6-7-17-8-10-18(14,15)9-5-11(2,3)13-12/h13H,4-10H2,1-3H3. The van der Waals surface area contributed by atoms with Crippen molar-refractivity contribution in [3.8, 4) is 0 Å². The van der Waals surface area contributed by atoms with Crippen molar-refractivity contribution < 1.29 is 17.9 Å². The first kappa shape index (κ1) is 18.1. The second-order valence-corrected chi connectivity index (χ2v) is 7.18. The monoisotopic (exact) mass is 301 g/mol. The fraction of sp³-hybridized carbons (Fsp3) is 1.00. The molecule has 5 nitrogen and oxygen atoms in total. The van der Waals surface area contributed by atoms with Gasteiger partial charge in [-0.25, -0.2) is 13.3 Å². The van der Waals surface area contributed by atoms with Gasteiger partial charge in [0, 0.05) is 12.1 Å². The molecule has 0 unspecified atom stereocenters. The van der Waals surface area contributed by atoms with Gasteiger partial charge in [0.05, 0.1) is 31.3 Å². The third-order valence-electron chi connectivity index (χ3n) is 2.41. The lowest BCUT2D eigenvalue weighted by atomic mass is 10.0. The van der Waals surface area contributed by atoms with E-state index in [1.807, 2.05) is 20.8 Å². The molecule has 1 N–H and O–H groups in total. The zero-order valence-electron chi connectivity index (χ0n) is 11.4. The first-order chi connectivity index (χ1) is 8.33. The van der Waals surface area contributed by atoms with Gasteiger partial charge in [-0.15, -0.1) is 0 Å². The third kappa shape index (κ3) is 10.1. The Labute approximate surface area is 115 Å². The molecule has 0 aliphatic carbocycles. The smallest absolute Gasteiger partial charge is 0.152 e. The Bertz CT molecular complexity index is 306. The summed E-state index contributed by atoms with van der Waals surface area (Å²) >= 11 is 5.51. The predicted octanol–water partition coefficient (Wildman–Crippen LogP) is 1.37. The van der Waals surface area contributed by atoms with Crippen LogP contribution in [0, 0.1) is 0 Å². The summed E-state index contributed by atoms with van der Waals surface area (Å²) in [6.45, 7) is 7.39. The fourth-order valence-electron chi connectivity index (χ4n) is 1.11. The first-order valence-electron chi connectivity index (χ1n) is 6.07. The van der Waals surface area contributed by atoms with E-state index in [0.29, 0.717) is 26.2 Å². The van der Waals surface area contributed by atoms with Crippen molar-refractivity contribution in [3.05, 3.63) is 0 Å². The molecule has 0 radical (unpaired) electrons. The number of rotatable bonds is 11. The van der Waals surface area contributed by atoms with Crippen LogP contribution in [0.2, 0.25) is 0 Å². The number of ether oxygens (including phenoxy) is 2. The third-order valence-corrected chi connectivity index (χ3v) is 4.54. The highest BCUT2D eigenvalue weighted by Crippen LogP contribution is 2.11. The lowest BCUT2D eigenvalue weighted by molar-refractivity contribution is 0.0590. The minimum Gasteiger partial charge on any atom is -0.379 e. The number of halogens is 1. The number of nitrogens with one attached hydrogen (secondary N) is 1. The van der Waals surface area contributed by atoms with Crippen LogP contribution in [0.15, 0.2) is 0 Å². The van der Waals surface area contributed by atoms with Gasteiger partial charge in [-0.2, -0.15) is 0 Å². The molecule has 0 aromatic carbocycles. The van der Waals surface area contributed by atoms with Gasteiger partial charge in [0.2, 0.25) is 0 Å². The summed E-state index contributed by atoms with van der Waals surface area (Å²) in [6, 6.07) is 0. The van der Waals surface area contributed by atoms with Gasteiger partial charge in [0.15, 0.2) is 9.84 Å². The maximum Gasteiger partial charge on any atom is 0.152 e. The van der Waals surface area contributed by atoms with Crippen molar-refractivity contribution in [1.29, 1.82) is 0 Å². The summed E-state index contributed by atoms with van der Waals surface area (Å²) in [5.74, 6) is 0.145. The molecule has 18 heavy (non-hydrogen) atoms. The Kier molecular flexibility index (Phi) is 9.15. The second kappa shape index (κ2) is 9.09. The summed E-state index contributed by atoms with van der Waals surface area (Å²) in [4.78, 5) is 2.56. The average molecular weight is 302 g/mol. The zero-order chi connectivity index (χ0) is 14.1. The van der Waals surface area contributed by atoms with Gasteiger partial charge in [-0.05, 0) is 39.0 Å². The Hall–Kier alpha value is 0.120. The van der Waals surface area contributed by atoms with E-state index in [1.165, 1.54) is 0 Å². The second-order valence-electron chi connectivity index (χ2n) is 4.69. The highest BCUT2D eigenvalue weighted by Gasteiger charge is 2.20. The minimum atomic E-state index is -3.08. The highest BCUT2D eigenvalue weighted by atomic mass is 35.5. The molecule has 0 rings (SSSR count). The van der Waals surface area contributed by atoms with Gasteiger partial charge in [-0.3, -0.25) is 0 Å². The Morgan fingerprint density at radius 1 is 1.11 bits per heavy atom.